The molecule has 0 atom stereocenters. The van der Waals surface area contributed by atoms with Gasteiger partial charge in [-0.25, -0.2) is 0 Å². The van der Waals surface area contributed by atoms with Crippen molar-refractivity contribution in [2.75, 3.05) is 0 Å². The second kappa shape index (κ2) is 5.37. The Morgan fingerprint density at radius 2 is 1.88 bits per heavy atom. The highest BCUT2D eigenvalue weighted by Crippen LogP contribution is 2.32. The number of carboxylic acids is 1. The van der Waals surface area contributed by atoms with E-state index in [1.54, 1.807) is 0 Å². The van der Waals surface area contributed by atoms with Crippen molar-refractivity contribution in [2.45, 2.75) is 25.8 Å². The number of carbonyl (C=O) groups excluding carboxylic acids is 1. The van der Waals surface area contributed by atoms with Crippen molar-refractivity contribution in [3.8, 4) is 0 Å². The molecule has 0 unspecified atom stereocenters. The van der Waals surface area contributed by atoms with Crippen molar-refractivity contribution in [1.29, 1.82) is 0 Å². The molecule has 1 aliphatic carbocycles. The van der Waals surface area contributed by atoms with Crippen LogP contribution in [0.25, 0.3) is 21.7 Å². The van der Waals surface area contributed by atoms with E-state index in [-0.39, 0.29) is 17.9 Å². The number of hydrogen-bond donors (Lipinski definition) is 2. The summed E-state index contributed by atoms with van der Waals surface area (Å²) in [4.78, 5) is 23.3. The number of rotatable bonds is 3. The van der Waals surface area contributed by atoms with E-state index in [2.05, 4.69) is 5.32 Å². The molecule has 1 aliphatic rings. The predicted molar refractivity (Wildman–Crippen MR) is 90.1 cm³/mol. The third kappa shape index (κ3) is 2.24. The third-order valence-electron chi connectivity index (χ3n) is 4.86. The lowest BCUT2D eigenvalue weighted by Gasteiger charge is -2.32. The van der Waals surface area contributed by atoms with Gasteiger partial charge in [-0.05, 0) is 25.2 Å². The molecule has 1 heterocycles. The Morgan fingerprint density at radius 3 is 2.62 bits per heavy atom. The van der Waals surface area contributed by atoms with Crippen LogP contribution in [0, 0.1) is 12.8 Å². The summed E-state index contributed by atoms with van der Waals surface area (Å²) in [6, 6.07) is 11.8. The molecule has 0 bridgehead atoms. The fourth-order valence-corrected chi connectivity index (χ4v) is 3.35. The van der Waals surface area contributed by atoms with Crippen LogP contribution in [-0.4, -0.2) is 23.0 Å². The summed E-state index contributed by atoms with van der Waals surface area (Å²) in [5.74, 6) is -1.12. The van der Waals surface area contributed by atoms with Crippen LogP contribution in [0.4, 0.5) is 0 Å². The zero-order valence-corrected chi connectivity index (χ0v) is 13.2. The fraction of sp³-hybridized carbons (Fsp3) is 0.263. The Hall–Kier alpha value is -2.82. The zero-order chi connectivity index (χ0) is 16.8. The predicted octanol–water partition coefficient (Wildman–Crippen LogP) is 3.49. The summed E-state index contributed by atoms with van der Waals surface area (Å²) in [5, 5.41) is 14.8. The molecule has 5 nitrogen and oxygen atoms in total. The Labute approximate surface area is 138 Å². The molecule has 2 N–H and O–H groups in total. The number of carboxylic acid groups (broad SMARTS) is 1. The van der Waals surface area contributed by atoms with E-state index in [4.69, 9.17) is 9.52 Å². The second-order valence-electron chi connectivity index (χ2n) is 6.40. The molecule has 0 spiro atoms. The molecular weight excluding hydrogens is 306 g/mol. The van der Waals surface area contributed by atoms with Gasteiger partial charge in [-0.15, -0.1) is 0 Å². The number of aliphatic carboxylic acids is 1. The largest absolute Gasteiger partial charge is 0.481 e. The lowest BCUT2D eigenvalue weighted by molar-refractivity contribution is -0.145. The number of nitrogens with one attached hydrogen (secondary N) is 1. The first-order chi connectivity index (χ1) is 11.5. The third-order valence-corrected chi connectivity index (χ3v) is 4.86. The van der Waals surface area contributed by atoms with Gasteiger partial charge in [0.25, 0.3) is 5.91 Å². The standard InChI is InChI=1S/C19H17NO4/c1-10-14-7-6-11-4-2-3-5-15(11)17(14)24-16(10)18(21)20-13-8-12(9-13)19(22)23/h2-7,12-13H,8-9H2,1H3,(H,20,21)(H,22,23). The maximum atomic E-state index is 12.5. The van der Waals surface area contributed by atoms with Crippen molar-refractivity contribution < 1.29 is 19.1 Å². The Balaban J connectivity index is 1.65. The van der Waals surface area contributed by atoms with Gasteiger partial charge in [0.15, 0.2) is 5.76 Å². The van der Waals surface area contributed by atoms with Crippen LogP contribution in [0.3, 0.4) is 0 Å². The number of fused-ring (bicyclic) bond motifs is 3. The highest BCUT2D eigenvalue weighted by atomic mass is 16.4. The van der Waals surface area contributed by atoms with Gasteiger partial charge in [0, 0.05) is 22.4 Å². The quantitative estimate of drug-likeness (QED) is 0.773. The van der Waals surface area contributed by atoms with Crippen LogP contribution < -0.4 is 5.32 Å². The minimum absolute atomic E-state index is 0.0945. The summed E-state index contributed by atoms with van der Waals surface area (Å²) in [6.45, 7) is 1.87. The normalized spacial score (nSPS) is 20.0. The van der Waals surface area contributed by atoms with Crippen LogP contribution in [0.2, 0.25) is 0 Å². The van der Waals surface area contributed by atoms with E-state index in [9.17, 15) is 9.59 Å². The minimum Gasteiger partial charge on any atom is -0.481 e. The van der Waals surface area contributed by atoms with Crippen molar-refractivity contribution >= 4 is 33.6 Å². The van der Waals surface area contributed by atoms with Crippen LogP contribution in [0.15, 0.2) is 40.8 Å². The van der Waals surface area contributed by atoms with Gasteiger partial charge in [0.1, 0.15) is 5.58 Å². The second-order valence-corrected chi connectivity index (χ2v) is 6.40. The van der Waals surface area contributed by atoms with Gasteiger partial charge >= 0.3 is 5.97 Å². The van der Waals surface area contributed by atoms with Crippen molar-refractivity contribution in [2.24, 2.45) is 5.92 Å². The molecule has 3 aromatic rings. The Bertz CT molecular complexity index is 966. The molecule has 1 amide bonds. The molecular formula is C19H17NO4. The molecule has 0 saturated heterocycles. The highest BCUT2D eigenvalue weighted by molar-refractivity contribution is 6.08. The number of carbonyl (C=O) groups is 2. The molecule has 0 radical (unpaired) electrons. The van der Waals surface area contributed by atoms with E-state index in [1.807, 2.05) is 43.3 Å². The lowest BCUT2D eigenvalue weighted by atomic mass is 9.80. The summed E-state index contributed by atoms with van der Waals surface area (Å²) >= 11 is 0. The Morgan fingerprint density at radius 1 is 1.12 bits per heavy atom. The van der Waals surface area contributed by atoms with Crippen molar-refractivity contribution in [3.05, 3.63) is 47.7 Å². The molecule has 1 fully saturated rings. The summed E-state index contributed by atoms with van der Waals surface area (Å²) in [7, 11) is 0. The van der Waals surface area contributed by atoms with Gasteiger partial charge in [-0.2, -0.15) is 0 Å². The Kier molecular flexibility index (Phi) is 3.30. The van der Waals surface area contributed by atoms with Crippen molar-refractivity contribution in [1.82, 2.24) is 5.32 Å². The maximum absolute atomic E-state index is 12.5. The first-order valence-electron chi connectivity index (χ1n) is 7.99. The number of furan rings is 1. The zero-order valence-electron chi connectivity index (χ0n) is 13.2. The van der Waals surface area contributed by atoms with Gasteiger partial charge in [-0.1, -0.05) is 36.4 Å². The molecule has 4 rings (SSSR count). The molecule has 0 aliphatic heterocycles. The van der Waals surface area contributed by atoms with Crippen LogP contribution in [0.5, 0.6) is 0 Å². The topological polar surface area (TPSA) is 79.5 Å². The van der Waals surface area contributed by atoms with Crippen LogP contribution in [-0.2, 0) is 4.79 Å². The smallest absolute Gasteiger partial charge is 0.306 e. The molecule has 24 heavy (non-hydrogen) atoms. The molecule has 122 valence electrons. The van der Waals surface area contributed by atoms with Gasteiger partial charge in [0.05, 0.1) is 5.92 Å². The highest BCUT2D eigenvalue weighted by Gasteiger charge is 2.36. The first kappa shape index (κ1) is 14.8. The van der Waals surface area contributed by atoms with Gasteiger partial charge in [-0.3, -0.25) is 9.59 Å². The van der Waals surface area contributed by atoms with Crippen LogP contribution >= 0.6 is 0 Å². The van der Waals surface area contributed by atoms with Crippen molar-refractivity contribution in [3.63, 3.8) is 0 Å². The average Bonchev–Trinajstić information content (AvgIpc) is 2.87. The van der Waals surface area contributed by atoms with E-state index in [1.165, 1.54) is 0 Å². The number of amides is 1. The summed E-state index contributed by atoms with van der Waals surface area (Å²) < 4.78 is 5.89. The fourth-order valence-electron chi connectivity index (χ4n) is 3.35. The average molecular weight is 323 g/mol. The van der Waals surface area contributed by atoms with E-state index < -0.39 is 5.97 Å². The molecule has 2 aromatic carbocycles. The monoisotopic (exact) mass is 323 g/mol. The first-order valence-corrected chi connectivity index (χ1v) is 7.99. The lowest BCUT2D eigenvalue weighted by Crippen LogP contribution is -2.46. The number of hydrogen-bond acceptors (Lipinski definition) is 3. The van der Waals surface area contributed by atoms with Gasteiger partial charge < -0.3 is 14.8 Å². The van der Waals surface area contributed by atoms with E-state index >= 15 is 0 Å². The van der Waals surface area contributed by atoms with Crippen LogP contribution in [0.1, 0.15) is 29.0 Å². The molecule has 5 heteroatoms. The van der Waals surface area contributed by atoms with E-state index in [0.717, 1.165) is 21.7 Å². The SMILES string of the molecule is Cc1c(C(=O)NC2CC(C(=O)O)C2)oc2c1ccc1ccccc12. The maximum Gasteiger partial charge on any atom is 0.306 e. The number of aryl methyl sites for hydroxylation is 1. The minimum atomic E-state index is -0.799. The molecule has 1 aromatic heterocycles. The number of benzene rings is 2. The summed E-state index contributed by atoms with van der Waals surface area (Å²) in [6.07, 6.45) is 0.951. The van der Waals surface area contributed by atoms with Gasteiger partial charge in [0.2, 0.25) is 0 Å². The summed E-state index contributed by atoms with van der Waals surface area (Å²) in [5.41, 5.74) is 1.52. The molecule has 1 saturated carbocycles. The van der Waals surface area contributed by atoms with E-state index in [0.29, 0.717) is 24.2 Å².